The van der Waals surface area contributed by atoms with E-state index in [-0.39, 0.29) is 6.04 Å². The van der Waals surface area contributed by atoms with Crippen LogP contribution in [0.5, 0.6) is 5.75 Å². The quantitative estimate of drug-likeness (QED) is 0.804. The number of nitrogens with one attached hydrogen (secondary N) is 1. The highest BCUT2D eigenvalue weighted by molar-refractivity contribution is 5.45. The number of hydrogen-bond acceptors (Lipinski definition) is 3. The van der Waals surface area contributed by atoms with Crippen LogP contribution in [0.4, 0.5) is 0 Å². The van der Waals surface area contributed by atoms with E-state index in [4.69, 9.17) is 4.74 Å². The van der Waals surface area contributed by atoms with E-state index in [0.717, 1.165) is 35.4 Å². The van der Waals surface area contributed by atoms with E-state index in [1.54, 1.807) is 7.11 Å². The van der Waals surface area contributed by atoms with Gasteiger partial charge in [-0.15, -0.1) is 0 Å². The topological polar surface area (TPSA) is 41.5 Å². The maximum absolute atomic E-state index is 10.7. The van der Waals surface area contributed by atoms with Crippen LogP contribution in [0.2, 0.25) is 0 Å². The number of aliphatic hydroxyl groups excluding tert-OH is 1. The normalized spacial score (nSPS) is 14.4. The van der Waals surface area contributed by atoms with Crippen molar-refractivity contribution in [2.45, 2.75) is 53.2 Å². The zero-order valence-corrected chi connectivity index (χ0v) is 13.7. The summed E-state index contributed by atoms with van der Waals surface area (Å²) in [5, 5.41) is 14.2. The van der Waals surface area contributed by atoms with Crippen LogP contribution in [-0.4, -0.2) is 24.8 Å². The fraction of sp³-hybridized carbons (Fsp3) is 0.647. The Morgan fingerprint density at radius 3 is 2.40 bits per heavy atom. The fourth-order valence-corrected chi connectivity index (χ4v) is 2.57. The van der Waals surface area contributed by atoms with Crippen LogP contribution < -0.4 is 10.1 Å². The van der Waals surface area contributed by atoms with Gasteiger partial charge in [0.25, 0.3) is 0 Å². The molecule has 0 aliphatic carbocycles. The van der Waals surface area contributed by atoms with Gasteiger partial charge in [0, 0.05) is 11.6 Å². The lowest BCUT2D eigenvalue weighted by molar-refractivity contribution is 0.121. The lowest BCUT2D eigenvalue weighted by Crippen LogP contribution is -2.36. The fourth-order valence-electron chi connectivity index (χ4n) is 2.57. The molecule has 1 rings (SSSR count). The lowest BCUT2D eigenvalue weighted by Gasteiger charge is -2.26. The Morgan fingerprint density at radius 1 is 1.25 bits per heavy atom. The molecular weight excluding hydrogens is 250 g/mol. The van der Waals surface area contributed by atoms with Gasteiger partial charge in [0.1, 0.15) is 5.75 Å². The predicted molar refractivity (Wildman–Crippen MR) is 84.3 cm³/mol. The Morgan fingerprint density at radius 2 is 1.90 bits per heavy atom. The summed E-state index contributed by atoms with van der Waals surface area (Å²) in [6, 6.07) is 4.15. The summed E-state index contributed by atoms with van der Waals surface area (Å²) in [6.07, 6.45) is 0.330. The summed E-state index contributed by atoms with van der Waals surface area (Å²) in [4.78, 5) is 0. The summed E-state index contributed by atoms with van der Waals surface area (Å²) >= 11 is 0. The minimum atomic E-state index is -0.549. The summed E-state index contributed by atoms with van der Waals surface area (Å²) in [5.41, 5.74) is 3.10. The molecule has 0 amide bonds. The van der Waals surface area contributed by atoms with E-state index in [1.807, 2.05) is 19.9 Å². The number of benzene rings is 1. The summed E-state index contributed by atoms with van der Waals surface area (Å²) in [7, 11) is 1.66. The van der Waals surface area contributed by atoms with Gasteiger partial charge in [-0.05, 0) is 44.4 Å². The summed E-state index contributed by atoms with van der Waals surface area (Å²) in [5.74, 6) is 1.37. The first-order valence-electron chi connectivity index (χ1n) is 7.47. The molecule has 0 spiro atoms. The standard InChI is InChI=1S/C17H29NO2/c1-7-15(18-10-11(2)3)16(19)14-9-12(4)8-13(5)17(14)20-6/h8-9,11,15-16,18-19H,7,10H2,1-6H3. The average Bonchev–Trinajstić information content (AvgIpc) is 2.38. The second kappa shape index (κ2) is 7.65. The Balaban J connectivity index is 3.02. The predicted octanol–water partition coefficient (Wildman–Crippen LogP) is 3.37. The Hall–Kier alpha value is -1.06. The third kappa shape index (κ3) is 4.22. The van der Waals surface area contributed by atoms with Crippen LogP contribution in [0.3, 0.4) is 0 Å². The van der Waals surface area contributed by atoms with Crippen molar-refractivity contribution in [2.75, 3.05) is 13.7 Å². The van der Waals surface area contributed by atoms with Crippen molar-refractivity contribution in [2.24, 2.45) is 5.92 Å². The molecule has 0 saturated heterocycles. The molecule has 0 aliphatic rings. The molecule has 1 aromatic carbocycles. The number of aryl methyl sites for hydroxylation is 2. The largest absolute Gasteiger partial charge is 0.496 e. The van der Waals surface area contributed by atoms with Crippen molar-refractivity contribution in [1.29, 1.82) is 0 Å². The molecule has 0 radical (unpaired) electrons. The smallest absolute Gasteiger partial charge is 0.127 e. The van der Waals surface area contributed by atoms with Gasteiger partial charge in [-0.25, -0.2) is 0 Å². The van der Waals surface area contributed by atoms with Crippen LogP contribution in [-0.2, 0) is 0 Å². The van der Waals surface area contributed by atoms with Gasteiger partial charge in [-0.1, -0.05) is 32.4 Å². The second-order valence-electron chi connectivity index (χ2n) is 5.97. The Labute approximate surface area is 123 Å². The Kier molecular flexibility index (Phi) is 6.50. The van der Waals surface area contributed by atoms with Crippen molar-refractivity contribution in [3.05, 3.63) is 28.8 Å². The maximum atomic E-state index is 10.7. The SMILES string of the molecule is CCC(NCC(C)C)C(O)c1cc(C)cc(C)c1OC. The van der Waals surface area contributed by atoms with E-state index in [0.29, 0.717) is 5.92 Å². The van der Waals surface area contributed by atoms with Crippen LogP contribution in [0, 0.1) is 19.8 Å². The minimum absolute atomic E-state index is 0.0486. The van der Waals surface area contributed by atoms with Crippen LogP contribution in [0.25, 0.3) is 0 Å². The first-order chi connectivity index (χ1) is 9.40. The highest BCUT2D eigenvalue weighted by Gasteiger charge is 2.23. The zero-order chi connectivity index (χ0) is 15.3. The number of ether oxygens (including phenoxy) is 1. The minimum Gasteiger partial charge on any atom is -0.496 e. The van der Waals surface area contributed by atoms with Gasteiger partial charge in [0.05, 0.1) is 13.2 Å². The van der Waals surface area contributed by atoms with Gasteiger partial charge in [0.15, 0.2) is 0 Å². The second-order valence-corrected chi connectivity index (χ2v) is 5.97. The van der Waals surface area contributed by atoms with E-state index in [9.17, 15) is 5.11 Å². The summed E-state index contributed by atoms with van der Waals surface area (Å²) in [6.45, 7) is 11.4. The third-order valence-corrected chi connectivity index (χ3v) is 3.58. The first-order valence-corrected chi connectivity index (χ1v) is 7.47. The molecule has 20 heavy (non-hydrogen) atoms. The van der Waals surface area contributed by atoms with Crippen molar-refractivity contribution in [1.82, 2.24) is 5.32 Å². The molecule has 0 aliphatic heterocycles. The van der Waals surface area contributed by atoms with E-state index in [1.165, 1.54) is 0 Å². The molecule has 0 heterocycles. The highest BCUT2D eigenvalue weighted by atomic mass is 16.5. The van der Waals surface area contributed by atoms with Gasteiger partial charge >= 0.3 is 0 Å². The molecular formula is C17H29NO2. The number of hydrogen-bond donors (Lipinski definition) is 2. The molecule has 3 nitrogen and oxygen atoms in total. The molecule has 0 aromatic heterocycles. The third-order valence-electron chi connectivity index (χ3n) is 3.58. The van der Waals surface area contributed by atoms with Crippen molar-refractivity contribution >= 4 is 0 Å². The van der Waals surface area contributed by atoms with Gasteiger partial charge in [-0.3, -0.25) is 0 Å². The Bertz CT molecular complexity index is 429. The van der Waals surface area contributed by atoms with Crippen LogP contribution in [0.1, 0.15) is 50.0 Å². The molecule has 1 aromatic rings. The molecule has 2 unspecified atom stereocenters. The molecule has 3 heteroatoms. The van der Waals surface area contributed by atoms with E-state index >= 15 is 0 Å². The highest BCUT2D eigenvalue weighted by Crippen LogP contribution is 2.32. The van der Waals surface area contributed by atoms with E-state index < -0.39 is 6.10 Å². The lowest BCUT2D eigenvalue weighted by atomic mass is 9.95. The first kappa shape index (κ1) is 17.0. The van der Waals surface area contributed by atoms with Gasteiger partial charge in [0.2, 0.25) is 0 Å². The monoisotopic (exact) mass is 279 g/mol. The van der Waals surface area contributed by atoms with Crippen LogP contribution >= 0.6 is 0 Å². The summed E-state index contributed by atoms with van der Waals surface area (Å²) < 4.78 is 5.48. The molecule has 2 N–H and O–H groups in total. The van der Waals surface area contributed by atoms with Crippen molar-refractivity contribution in [3.63, 3.8) is 0 Å². The average molecular weight is 279 g/mol. The van der Waals surface area contributed by atoms with Crippen molar-refractivity contribution in [3.8, 4) is 5.75 Å². The molecule has 2 atom stereocenters. The van der Waals surface area contributed by atoms with Gasteiger partial charge < -0.3 is 15.2 Å². The van der Waals surface area contributed by atoms with Crippen molar-refractivity contribution < 1.29 is 9.84 Å². The number of methoxy groups -OCH3 is 1. The zero-order valence-electron chi connectivity index (χ0n) is 13.7. The van der Waals surface area contributed by atoms with Gasteiger partial charge in [-0.2, -0.15) is 0 Å². The number of aliphatic hydroxyl groups is 1. The molecule has 0 fully saturated rings. The maximum Gasteiger partial charge on any atom is 0.127 e. The van der Waals surface area contributed by atoms with E-state index in [2.05, 4.69) is 32.2 Å². The van der Waals surface area contributed by atoms with Crippen LogP contribution in [0.15, 0.2) is 12.1 Å². The number of rotatable bonds is 7. The molecule has 0 saturated carbocycles. The molecule has 114 valence electrons. The molecule has 0 bridgehead atoms.